The zero-order valence-electron chi connectivity index (χ0n) is 18.1. The van der Waals surface area contributed by atoms with Crippen molar-refractivity contribution < 1.29 is 27.2 Å². The van der Waals surface area contributed by atoms with Crippen LogP contribution in [0.1, 0.15) is 22.6 Å². The topological polar surface area (TPSA) is 110 Å². The maximum atomic E-state index is 12.8. The summed E-state index contributed by atoms with van der Waals surface area (Å²) in [5.41, 5.74) is 3.32. The van der Waals surface area contributed by atoms with Gasteiger partial charge >= 0.3 is 18.1 Å². The minimum atomic E-state index is -4.51. The number of nitrogens with zero attached hydrogens (tertiary/aromatic N) is 5. The van der Waals surface area contributed by atoms with E-state index in [1.807, 2.05) is 26.0 Å². The van der Waals surface area contributed by atoms with Crippen LogP contribution in [0.3, 0.4) is 0 Å². The lowest BCUT2D eigenvalue weighted by Gasteiger charge is -2.09. The van der Waals surface area contributed by atoms with E-state index in [2.05, 4.69) is 30.9 Å². The van der Waals surface area contributed by atoms with Gasteiger partial charge in [-0.15, -0.1) is 0 Å². The van der Waals surface area contributed by atoms with E-state index in [1.165, 1.54) is 29.3 Å². The second-order valence-corrected chi connectivity index (χ2v) is 7.38. The monoisotopic (exact) mass is 470 g/mol. The van der Waals surface area contributed by atoms with Gasteiger partial charge in [-0.1, -0.05) is 12.1 Å². The Bertz CT molecular complexity index is 1300. The summed E-state index contributed by atoms with van der Waals surface area (Å²) in [4.78, 5) is 25.0. The molecule has 0 aliphatic heterocycles. The molecule has 0 saturated heterocycles. The van der Waals surface area contributed by atoms with Gasteiger partial charge in [-0.2, -0.15) is 13.2 Å². The highest BCUT2D eigenvalue weighted by Crippen LogP contribution is 2.30. The summed E-state index contributed by atoms with van der Waals surface area (Å²) in [7, 11) is 0. The van der Waals surface area contributed by atoms with Crippen LogP contribution in [0, 0.1) is 13.8 Å². The number of carbonyl (C=O) groups excluding carboxylic acids is 1. The van der Waals surface area contributed by atoms with Crippen LogP contribution in [0.2, 0.25) is 0 Å². The average molecular weight is 470 g/mol. The number of aromatic nitrogens is 5. The summed E-state index contributed by atoms with van der Waals surface area (Å²) in [6.45, 7) is 4.08. The Kier molecular flexibility index (Phi) is 6.21. The number of hydrogen-bond donors (Lipinski definition) is 2. The fourth-order valence-corrected chi connectivity index (χ4v) is 3.30. The molecule has 4 aromatic rings. The van der Waals surface area contributed by atoms with Crippen molar-refractivity contribution in [1.82, 2.24) is 20.2 Å². The van der Waals surface area contributed by atoms with Gasteiger partial charge in [0.15, 0.2) is 0 Å². The Labute approximate surface area is 191 Å². The number of rotatable bonds is 5. The molecule has 0 atom stereocenters. The quantitative estimate of drug-likeness (QED) is 0.424. The number of pyridine rings is 1. The van der Waals surface area contributed by atoms with Gasteiger partial charge in [0.25, 0.3) is 6.20 Å². The van der Waals surface area contributed by atoms with Gasteiger partial charge in [-0.05, 0) is 42.8 Å². The van der Waals surface area contributed by atoms with E-state index in [-0.39, 0.29) is 18.1 Å². The van der Waals surface area contributed by atoms with Gasteiger partial charge in [0.1, 0.15) is 12.0 Å². The van der Waals surface area contributed by atoms with E-state index >= 15 is 0 Å². The van der Waals surface area contributed by atoms with Crippen molar-refractivity contribution in [3.05, 3.63) is 77.8 Å². The number of halogens is 3. The SMILES string of the molecule is Cc1ncnc(C)c1-c1ccc(C[n+]2cc(NC(=O)Nc3cccc(C(F)(F)F)c3)on2)nc1. The molecule has 1 aromatic carbocycles. The van der Waals surface area contributed by atoms with Crippen LogP contribution < -0.4 is 15.3 Å². The normalized spacial score (nSPS) is 11.3. The van der Waals surface area contributed by atoms with Crippen molar-refractivity contribution in [2.45, 2.75) is 26.6 Å². The zero-order valence-corrected chi connectivity index (χ0v) is 18.1. The van der Waals surface area contributed by atoms with Gasteiger partial charge in [-0.25, -0.2) is 14.8 Å². The molecule has 9 nitrogen and oxygen atoms in total. The molecule has 0 radical (unpaired) electrons. The molecule has 0 unspecified atom stereocenters. The number of amides is 2. The maximum Gasteiger partial charge on any atom is 0.416 e. The molecular formula is C22H19F3N7O2+. The molecule has 0 bridgehead atoms. The molecule has 4 rings (SSSR count). The van der Waals surface area contributed by atoms with E-state index in [0.717, 1.165) is 34.6 Å². The van der Waals surface area contributed by atoms with Crippen molar-refractivity contribution >= 4 is 17.6 Å². The van der Waals surface area contributed by atoms with Gasteiger partial charge in [0.05, 0.1) is 5.56 Å². The summed E-state index contributed by atoms with van der Waals surface area (Å²) in [5, 5.41) is 8.52. The Morgan fingerprint density at radius 2 is 1.82 bits per heavy atom. The molecule has 3 aromatic heterocycles. The van der Waals surface area contributed by atoms with Crippen LogP contribution in [-0.4, -0.2) is 26.3 Å². The Morgan fingerprint density at radius 3 is 2.50 bits per heavy atom. The van der Waals surface area contributed by atoms with Gasteiger partial charge in [-0.3, -0.25) is 14.8 Å². The standard InChI is InChI=1S/C22H18F3N7O2/c1-13-20(14(2)28-12-27-13)15-6-7-18(26-9-15)10-32-11-19(34-31-32)30-21(33)29-17-5-3-4-16(8-17)22(23,24)25/h3-9,11-12H,10H2,1-2H3,(H-,29,30,31,33)/p+1. The van der Waals surface area contributed by atoms with E-state index < -0.39 is 17.8 Å². The smallest absolute Gasteiger partial charge is 0.308 e. The first-order chi connectivity index (χ1) is 16.2. The summed E-state index contributed by atoms with van der Waals surface area (Å²) in [6.07, 6.45) is 0.156. The average Bonchev–Trinajstić information content (AvgIpc) is 3.21. The number of nitrogens with one attached hydrogen (secondary N) is 2. The Balaban J connectivity index is 1.38. The van der Waals surface area contributed by atoms with Crippen molar-refractivity contribution in [2.75, 3.05) is 10.6 Å². The van der Waals surface area contributed by atoms with Crippen molar-refractivity contribution in [1.29, 1.82) is 0 Å². The fourth-order valence-electron chi connectivity index (χ4n) is 3.30. The first-order valence-electron chi connectivity index (χ1n) is 10.0. The van der Waals surface area contributed by atoms with Crippen LogP contribution in [-0.2, 0) is 12.7 Å². The molecule has 12 heteroatoms. The van der Waals surface area contributed by atoms with Crippen LogP contribution in [0.15, 0.2) is 59.6 Å². The number of carbonyl (C=O) groups is 1. The van der Waals surface area contributed by atoms with Crippen molar-refractivity contribution in [3.63, 3.8) is 0 Å². The highest BCUT2D eigenvalue weighted by Gasteiger charge is 2.30. The van der Waals surface area contributed by atoms with E-state index in [4.69, 9.17) is 4.52 Å². The number of anilines is 2. The fraction of sp³-hybridized carbons (Fsp3) is 0.182. The number of benzene rings is 1. The molecule has 34 heavy (non-hydrogen) atoms. The van der Waals surface area contributed by atoms with E-state index in [9.17, 15) is 18.0 Å². The number of alkyl halides is 3. The van der Waals surface area contributed by atoms with Gasteiger partial charge < -0.3 is 5.32 Å². The lowest BCUT2D eigenvalue weighted by Crippen LogP contribution is -2.35. The lowest BCUT2D eigenvalue weighted by molar-refractivity contribution is -0.755. The first kappa shape index (κ1) is 22.8. The highest BCUT2D eigenvalue weighted by molar-refractivity contribution is 5.98. The highest BCUT2D eigenvalue weighted by atomic mass is 19.4. The number of hydrogen-bond acceptors (Lipinski definition) is 6. The van der Waals surface area contributed by atoms with E-state index in [1.54, 1.807) is 6.20 Å². The summed E-state index contributed by atoms with van der Waals surface area (Å²) >= 11 is 0. The molecule has 0 aliphatic rings. The Morgan fingerprint density at radius 1 is 1.06 bits per heavy atom. The molecule has 3 heterocycles. The molecule has 0 spiro atoms. The third-order valence-corrected chi connectivity index (χ3v) is 4.86. The minimum Gasteiger partial charge on any atom is -0.308 e. The maximum absolute atomic E-state index is 12.8. The third kappa shape index (κ3) is 5.34. The van der Waals surface area contributed by atoms with Crippen LogP contribution in [0.5, 0.6) is 0 Å². The second kappa shape index (κ2) is 9.25. The van der Waals surface area contributed by atoms with Crippen molar-refractivity contribution in [3.8, 4) is 11.1 Å². The van der Waals surface area contributed by atoms with Crippen LogP contribution in [0.4, 0.5) is 29.5 Å². The minimum absolute atomic E-state index is 0.00813. The first-order valence-corrected chi connectivity index (χ1v) is 10.0. The number of urea groups is 1. The van der Waals surface area contributed by atoms with Crippen LogP contribution in [0.25, 0.3) is 11.1 Å². The predicted molar refractivity (Wildman–Crippen MR) is 115 cm³/mol. The van der Waals surface area contributed by atoms with Crippen molar-refractivity contribution in [2.24, 2.45) is 0 Å². The molecule has 0 saturated carbocycles. The van der Waals surface area contributed by atoms with Gasteiger partial charge in [0, 0.05) is 34.4 Å². The molecule has 174 valence electrons. The second-order valence-electron chi connectivity index (χ2n) is 7.38. The van der Waals surface area contributed by atoms with Gasteiger partial charge in [0.2, 0.25) is 11.8 Å². The molecule has 2 N–H and O–H groups in total. The molecule has 2 amide bonds. The lowest BCUT2D eigenvalue weighted by atomic mass is 10.0. The summed E-state index contributed by atoms with van der Waals surface area (Å²) < 4.78 is 44.9. The van der Waals surface area contributed by atoms with E-state index in [0.29, 0.717) is 5.69 Å². The van der Waals surface area contributed by atoms with Crippen LogP contribution >= 0.6 is 0 Å². The Hall–Kier alpha value is -4.35. The summed E-state index contributed by atoms with van der Waals surface area (Å²) in [5.74, 6) is 0.00813. The molecule has 0 aliphatic carbocycles. The number of aryl methyl sites for hydroxylation is 2. The molecular weight excluding hydrogens is 451 g/mol. The predicted octanol–water partition coefficient (Wildman–Crippen LogP) is 4.14. The zero-order chi connectivity index (χ0) is 24.3. The largest absolute Gasteiger partial charge is 0.416 e. The molecule has 0 fully saturated rings. The summed E-state index contributed by atoms with van der Waals surface area (Å²) in [6, 6.07) is 7.25. The third-order valence-electron chi connectivity index (χ3n) is 4.86.